The van der Waals surface area contributed by atoms with E-state index in [-0.39, 0.29) is 5.78 Å². The summed E-state index contributed by atoms with van der Waals surface area (Å²) in [4.78, 5) is 17.2. The van der Waals surface area contributed by atoms with E-state index in [4.69, 9.17) is 9.47 Å². The van der Waals surface area contributed by atoms with Crippen LogP contribution in [0.3, 0.4) is 0 Å². The van der Waals surface area contributed by atoms with Crippen LogP contribution in [0.5, 0.6) is 11.5 Å². The van der Waals surface area contributed by atoms with Gasteiger partial charge in [-0.25, -0.2) is 4.98 Å². The number of nitrogens with zero attached hydrogens (tertiary/aromatic N) is 5. The maximum Gasteiger partial charge on any atom is 0.272 e. The van der Waals surface area contributed by atoms with Crippen molar-refractivity contribution in [3.8, 4) is 22.8 Å². The second-order valence-corrected chi connectivity index (χ2v) is 5.47. The Hall–Kier alpha value is -3.03. The number of rotatable bonds is 4. The monoisotopic (exact) mass is 325 g/mol. The standard InChI is InChI=1S/C16H15N5O3/c1-4-5-12-18-19-16-17-13-8-6-10(23-2)11(24-3)7-9(8)15(22)14(13)20-21(12)16/h6-7H,4-5H2,1-3H3. The molecule has 0 bridgehead atoms. The third-order valence-corrected chi connectivity index (χ3v) is 4.04. The molecule has 0 amide bonds. The van der Waals surface area contributed by atoms with Gasteiger partial charge in [0.25, 0.3) is 5.78 Å². The topological polar surface area (TPSA) is 91.5 Å². The normalized spacial score (nSPS) is 12.4. The summed E-state index contributed by atoms with van der Waals surface area (Å²) in [5, 5.41) is 12.6. The van der Waals surface area contributed by atoms with Gasteiger partial charge in [0.15, 0.2) is 23.0 Å². The molecule has 0 spiro atoms. The Morgan fingerprint density at radius 1 is 1.04 bits per heavy atom. The zero-order valence-corrected chi connectivity index (χ0v) is 13.5. The number of fused-ring (bicyclic) bond motifs is 4. The van der Waals surface area contributed by atoms with Crippen molar-refractivity contribution in [3.05, 3.63) is 29.2 Å². The lowest BCUT2D eigenvalue weighted by Gasteiger charge is -2.09. The number of ether oxygens (including phenoxy) is 2. The van der Waals surface area contributed by atoms with E-state index in [1.165, 1.54) is 7.11 Å². The third-order valence-electron chi connectivity index (χ3n) is 4.04. The van der Waals surface area contributed by atoms with Crippen LogP contribution in [-0.4, -0.2) is 44.8 Å². The predicted octanol–water partition coefficient (Wildman–Crippen LogP) is 1.70. The minimum atomic E-state index is -0.188. The molecule has 8 heteroatoms. The van der Waals surface area contributed by atoms with Gasteiger partial charge in [-0.15, -0.1) is 10.2 Å². The fraction of sp³-hybridized carbons (Fsp3) is 0.312. The fourth-order valence-corrected chi connectivity index (χ4v) is 2.89. The lowest BCUT2D eigenvalue weighted by molar-refractivity contribution is 0.103. The molecular formula is C16H15N5O3. The Kier molecular flexibility index (Phi) is 3.19. The van der Waals surface area contributed by atoms with Gasteiger partial charge in [-0.3, -0.25) is 4.79 Å². The van der Waals surface area contributed by atoms with Gasteiger partial charge >= 0.3 is 0 Å². The Labute approximate surface area is 137 Å². The van der Waals surface area contributed by atoms with Crippen molar-refractivity contribution >= 4 is 11.6 Å². The van der Waals surface area contributed by atoms with E-state index in [0.29, 0.717) is 45.6 Å². The van der Waals surface area contributed by atoms with Gasteiger partial charge in [0.05, 0.1) is 14.2 Å². The van der Waals surface area contributed by atoms with Crippen LogP contribution in [0.1, 0.15) is 35.2 Å². The van der Waals surface area contributed by atoms with Crippen LogP contribution in [0.15, 0.2) is 12.1 Å². The summed E-state index contributed by atoms with van der Waals surface area (Å²) in [6.45, 7) is 2.04. The molecule has 0 atom stereocenters. The summed E-state index contributed by atoms with van der Waals surface area (Å²) in [6, 6.07) is 3.40. The van der Waals surface area contributed by atoms with Gasteiger partial charge < -0.3 is 9.47 Å². The molecule has 0 saturated carbocycles. The number of benzene rings is 1. The predicted molar refractivity (Wildman–Crippen MR) is 84.5 cm³/mol. The number of hydrogen-bond acceptors (Lipinski definition) is 7. The molecule has 0 unspecified atom stereocenters. The average molecular weight is 325 g/mol. The van der Waals surface area contributed by atoms with Crippen LogP contribution in [0.4, 0.5) is 0 Å². The summed E-state index contributed by atoms with van der Waals surface area (Å²) < 4.78 is 12.1. The number of ketones is 1. The number of methoxy groups -OCH3 is 2. The molecule has 0 aliphatic heterocycles. The number of carbonyl (C=O) groups is 1. The largest absolute Gasteiger partial charge is 0.493 e. The van der Waals surface area contributed by atoms with Gasteiger partial charge in [-0.05, 0) is 18.6 Å². The highest BCUT2D eigenvalue weighted by Gasteiger charge is 2.33. The lowest BCUT2D eigenvalue weighted by Crippen LogP contribution is -2.07. The second kappa shape index (κ2) is 5.26. The number of carbonyl (C=O) groups excluding carboxylic acids is 1. The molecule has 0 radical (unpaired) electrons. The molecule has 2 aromatic heterocycles. The summed E-state index contributed by atoms with van der Waals surface area (Å²) in [7, 11) is 3.08. The SMILES string of the molecule is CCCc1nnc2nc3c(nn12)C(=O)c1cc(OC)c(OC)cc1-3. The van der Waals surface area contributed by atoms with Crippen molar-refractivity contribution < 1.29 is 14.3 Å². The Balaban J connectivity index is 1.95. The first-order valence-electron chi connectivity index (χ1n) is 7.61. The van der Waals surface area contributed by atoms with Gasteiger partial charge in [0.2, 0.25) is 5.78 Å². The first-order valence-corrected chi connectivity index (χ1v) is 7.61. The summed E-state index contributed by atoms with van der Waals surface area (Å²) in [6.07, 6.45) is 1.62. The maximum atomic E-state index is 12.7. The molecule has 4 rings (SSSR count). The van der Waals surface area contributed by atoms with Crippen molar-refractivity contribution in [2.24, 2.45) is 0 Å². The van der Waals surface area contributed by atoms with E-state index in [1.54, 1.807) is 23.8 Å². The van der Waals surface area contributed by atoms with Gasteiger partial charge in [0.1, 0.15) is 5.69 Å². The highest BCUT2D eigenvalue weighted by Crippen LogP contribution is 2.41. The molecule has 122 valence electrons. The van der Waals surface area contributed by atoms with Crippen molar-refractivity contribution in [1.29, 1.82) is 0 Å². The van der Waals surface area contributed by atoms with E-state index >= 15 is 0 Å². The smallest absolute Gasteiger partial charge is 0.272 e. The van der Waals surface area contributed by atoms with E-state index in [9.17, 15) is 4.79 Å². The average Bonchev–Trinajstić information content (AvgIpc) is 3.12. The number of hydrogen-bond donors (Lipinski definition) is 0. The van der Waals surface area contributed by atoms with Crippen LogP contribution in [-0.2, 0) is 6.42 Å². The molecule has 0 fully saturated rings. The Morgan fingerprint density at radius 3 is 2.42 bits per heavy atom. The van der Waals surface area contributed by atoms with Crippen molar-refractivity contribution in [3.63, 3.8) is 0 Å². The molecule has 8 nitrogen and oxygen atoms in total. The van der Waals surface area contributed by atoms with Crippen molar-refractivity contribution in [2.45, 2.75) is 19.8 Å². The van der Waals surface area contributed by atoms with E-state index < -0.39 is 0 Å². The zero-order chi connectivity index (χ0) is 16.8. The minimum absolute atomic E-state index is 0.188. The Bertz CT molecular complexity index is 979. The zero-order valence-electron chi connectivity index (χ0n) is 13.5. The highest BCUT2D eigenvalue weighted by atomic mass is 16.5. The van der Waals surface area contributed by atoms with Crippen molar-refractivity contribution in [2.75, 3.05) is 14.2 Å². The van der Waals surface area contributed by atoms with Crippen LogP contribution >= 0.6 is 0 Å². The third kappa shape index (κ3) is 1.89. The highest BCUT2D eigenvalue weighted by molar-refractivity contribution is 6.20. The summed E-state index contributed by atoms with van der Waals surface area (Å²) in [5.41, 5.74) is 1.97. The van der Waals surface area contributed by atoms with Gasteiger partial charge in [-0.2, -0.15) is 9.61 Å². The second-order valence-electron chi connectivity index (χ2n) is 5.47. The fourth-order valence-electron chi connectivity index (χ4n) is 2.89. The molecule has 0 saturated heterocycles. The van der Waals surface area contributed by atoms with Gasteiger partial charge in [-0.1, -0.05) is 6.92 Å². The molecule has 24 heavy (non-hydrogen) atoms. The molecule has 1 aromatic carbocycles. The summed E-state index contributed by atoms with van der Waals surface area (Å²) >= 11 is 0. The van der Waals surface area contributed by atoms with E-state index in [1.807, 2.05) is 6.92 Å². The van der Waals surface area contributed by atoms with Crippen LogP contribution < -0.4 is 9.47 Å². The Morgan fingerprint density at radius 2 is 1.75 bits per heavy atom. The number of aryl methyl sites for hydroxylation is 1. The first kappa shape index (κ1) is 14.6. The number of aromatic nitrogens is 5. The van der Waals surface area contributed by atoms with Crippen LogP contribution in [0, 0.1) is 0 Å². The van der Waals surface area contributed by atoms with Crippen LogP contribution in [0.2, 0.25) is 0 Å². The lowest BCUT2D eigenvalue weighted by atomic mass is 10.1. The molecule has 0 N–H and O–H groups in total. The quantitative estimate of drug-likeness (QED) is 0.564. The van der Waals surface area contributed by atoms with Crippen molar-refractivity contribution in [1.82, 2.24) is 24.8 Å². The summed E-state index contributed by atoms with van der Waals surface area (Å²) in [5.74, 6) is 1.92. The molecule has 2 heterocycles. The maximum absolute atomic E-state index is 12.7. The van der Waals surface area contributed by atoms with Gasteiger partial charge in [0, 0.05) is 17.5 Å². The van der Waals surface area contributed by atoms with E-state index in [2.05, 4.69) is 20.3 Å². The molecular weight excluding hydrogens is 310 g/mol. The first-order chi connectivity index (χ1) is 11.7. The van der Waals surface area contributed by atoms with E-state index in [0.717, 1.165) is 12.8 Å². The van der Waals surface area contributed by atoms with Crippen LogP contribution in [0.25, 0.3) is 17.0 Å². The molecule has 1 aliphatic rings. The molecule has 3 aromatic rings. The molecule has 1 aliphatic carbocycles. The minimum Gasteiger partial charge on any atom is -0.493 e.